The van der Waals surface area contributed by atoms with Crippen LogP contribution in [0, 0.1) is 5.41 Å². The number of hydrogen-bond donors (Lipinski definition) is 0. The van der Waals surface area contributed by atoms with Gasteiger partial charge in [-0.15, -0.1) is 0 Å². The molecular formula is C14H17NO3. The molecule has 4 nitrogen and oxygen atoms in total. The maximum absolute atomic E-state index is 12.1. The van der Waals surface area contributed by atoms with Crippen LogP contribution >= 0.6 is 0 Å². The fraction of sp³-hybridized carbons (Fsp3) is 0.429. The lowest BCUT2D eigenvalue weighted by Crippen LogP contribution is -2.34. The molecule has 1 heterocycles. The highest BCUT2D eigenvalue weighted by molar-refractivity contribution is 6.04. The van der Waals surface area contributed by atoms with E-state index in [1.807, 2.05) is 37.3 Å². The van der Waals surface area contributed by atoms with Gasteiger partial charge in [0.25, 0.3) is 11.8 Å². The van der Waals surface area contributed by atoms with E-state index in [1.165, 1.54) is 0 Å². The summed E-state index contributed by atoms with van der Waals surface area (Å²) in [4.78, 5) is 29.2. The van der Waals surface area contributed by atoms with E-state index in [-0.39, 0.29) is 24.8 Å². The number of rotatable bonds is 4. The fourth-order valence-electron chi connectivity index (χ4n) is 1.96. The molecule has 0 saturated carbocycles. The van der Waals surface area contributed by atoms with Gasteiger partial charge in [0.15, 0.2) is 0 Å². The first-order valence-electron chi connectivity index (χ1n) is 6.11. The van der Waals surface area contributed by atoms with E-state index in [0.29, 0.717) is 6.42 Å². The molecule has 2 amide bonds. The molecule has 1 unspecified atom stereocenters. The highest BCUT2D eigenvalue weighted by atomic mass is 16.7. The molecule has 4 heteroatoms. The maximum Gasteiger partial charge on any atom is 0.259 e. The van der Waals surface area contributed by atoms with Crippen molar-refractivity contribution in [3.05, 3.63) is 35.9 Å². The summed E-state index contributed by atoms with van der Waals surface area (Å²) in [5, 5.41) is 0.927. The highest BCUT2D eigenvalue weighted by Crippen LogP contribution is 2.35. The van der Waals surface area contributed by atoms with E-state index >= 15 is 0 Å². The van der Waals surface area contributed by atoms with Crippen molar-refractivity contribution in [3.63, 3.8) is 0 Å². The minimum atomic E-state index is -0.603. The largest absolute Gasteiger partial charge is 0.272 e. The summed E-state index contributed by atoms with van der Waals surface area (Å²) in [6.07, 6.45) is 0.875. The van der Waals surface area contributed by atoms with E-state index in [1.54, 1.807) is 6.92 Å². The third-order valence-corrected chi connectivity index (χ3v) is 3.45. The van der Waals surface area contributed by atoms with E-state index in [4.69, 9.17) is 4.84 Å². The standard InChI is InChI=1S/C14H17NO3/c1-3-14(2)9-12(16)15(13(14)17)18-10-11-7-5-4-6-8-11/h4-8H,3,9-10H2,1-2H3. The Hall–Kier alpha value is -1.68. The van der Waals surface area contributed by atoms with Gasteiger partial charge in [0.05, 0.1) is 5.41 Å². The molecule has 1 aromatic rings. The number of amides is 2. The molecule has 1 aliphatic heterocycles. The van der Waals surface area contributed by atoms with Gasteiger partial charge in [-0.1, -0.05) is 44.2 Å². The molecule has 1 saturated heterocycles. The molecule has 1 aliphatic rings. The maximum atomic E-state index is 12.1. The van der Waals surface area contributed by atoms with Crippen molar-refractivity contribution < 1.29 is 14.4 Å². The van der Waals surface area contributed by atoms with Crippen LogP contribution in [0.2, 0.25) is 0 Å². The summed E-state index contributed by atoms with van der Waals surface area (Å²) in [6.45, 7) is 3.95. The topological polar surface area (TPSA) is 46.6 Å². The van der Waals surface area contributed by atoms with Crippen LogP contribution in [0.1, 0.15) is 32.3 Å². The lowest BCUT2D eigenvalue weighted by atomic mass is 9.86. The molecule has 0 aliphatic carbocycles. The molecule has 1 fully saturated rings. The SMILES string of the molecule is CCC1(C)CC(=O)N(OCc2ccccc2)C1=O. The molecule has 0 spiro atoms. The normalized spacial score (nSPS) is 23.8. The molecule has 0 aromatic heterocycles. The van der Waals surface area contributed by atoms with Gasteiger partial charge in [0, 0.05) is 6.42 Å². The van der Waals surface area contributed by atoms with Gasteiger partial charge in [-0.2, -0.15) is 5.06 Å². The number of hydrogen-bond acceptors (Lipinski definition) is 3. The summed E-state index contributed by atoms with van der Waals surface area (Å²) < 4.78 is 0. The number of hydroxylamine groups is 2. The van der Waals surface area contributed by atoms with Crippen molar-refractivity contribution in [2.24, 2.45) is 5.41 Å². The van der Waals surface area contributed by atoms with Gasteiger partial charge in [0.1, 0.15) is 6.61 Å². The number of benzene rings is 1. The van der Waals surface area contributed by atoms with Crippen molar-refractivity contribution in [2.75, 3.05) is 0 Å². The number of imide groups is 1. The summed E-state index contributed by atoms with van der Waals surface area (Å²) in [7, 11) is 0. The lowest BCUT2D eigenvalue weighted by Gasteiger charge is -2.19. The molecule has 0 N–H and O–H groups in total. The zero-order valence-corrected chi connectivity index (χ0v) is 10.7. The Kier molecular flexibility index (Phi) is 3.48. The average Bonchev–Trinajstić information content (AvgIpc) is 2.60. The predicted molar refractivity (Wildman–Crippen MR) is 66.1 cm³/mol. The van der Waals surface area contributed by atoms with Crippen LogP contribution in [-0.4, -0.2) is 16.9 Å². The molecule has 2 rings (SSSR count). The van der Waals surface area contributed by atoms with Gasteiger partial charge in [-0.3, -0.25) is 14.4 Å². The highest BCUT2D eigenvalue weighted by Gasteiger charge is 2.48. The second-order valence-electron chi connectivity index (χ2n) is 4.84. The van der Waals surface area contributed by atoms with Crippen LogP contribution in [-0.2, 0) is 21.0 Å². The second-order valence-corrected chi connectivity index (χ2v) is 4.84. The van der Waals surface area contributed by atoms with Gasteiger partial charge in [-0.25, -0.2) is 0 Å². The fourth-order valence-corrected chi connectivity index (χ4v) is 1.96. The Labute approximate surface area is 106 Å². The zero-order valence-electron chi connectivity index (χ0n) is 10.7. The zero-order chi connectivity index (χ0) is 13.2. The Morgan fingerprint density at radius 1 is 1.28 bits per heavy atom. The Balaban J connectivity index is 2.02. The molecule has 1 aromatic carbocycles. The average molecular weight is 247 g/mol. The van der Waals surface area contributed by atoms with Gasteiger partial charge in [0.2, 0.25) is 0 Å². The van der Waals surface area contributed by atoms with Crippen LogP contribution in [0.3, 0.4) is 0 Å². The summed E-state index contributed by atoms with van der Waals surface area (Å²) >= 11 is 0. The summed E-state index contributed by atoms with van der Waals surface area (Å²) in [5.74, 6) is -0.480. The van der Waals surface area contributed by atoms with Crippen molar-refractivity contribution in [1.29, 1.82) is 0 Å². The Bertz CT molecular complexity index is 457. The molecule has 18 heavy (non-hydrogen) atoms. The third kappa shape index (κ3) is 2.29. The van der Waals surface area contributed by atoms with Crippen LogP contribution in [0.5, 0.6) is 0 Å². The molecular weight excluding hydrogens is 230 g/mol. The predicted octanol–water partition coefficient (Wildman–Crippen LogP) is 2.29. The number of carbonyl (C=O) groups is 2. The molecule has 0 radical (unpaired) electrons. The van der Waals surface area contributed by atoms with Crippen LogP contribution in [0.15, 0.2) is 30.3 Å². The van der Waals surface area contributed by atoms with Crippen molar-refractivity contribution in [1.82, 2.24) is 5.06 Å². The minimum Gasteiger partial charge on any atom is -0.272 e. The van der Waals surface area contributed by atoms with Gasteiger partial charge in [-0.05, 0) is 12.0 Å². The molecule has 0 bridgehead atoms. The van der Waals surface area contributed by atoms with Gasteiger partial charge >= 0.3 is 0 Å². The van der Waals surface area contributed by atoms with Gasteiger partial charge < -0.3 is 0 Å². The number of carbonyl (C=O) groups excluding carboxylic acids is 2. The second kappa shape index (κ2) is 4.90. The van der Waals surface area contributed by atoms with Crippen molar-refractivity contribution in [3.8, 4) is 0 Å². The molecule has 1 atom stereocenters. The Morgan fingerprint density at radius 3 is 2.50 bits per heavy atom. The minimum absolute atomic E-state index is 0.231. The van der Waals surface area contributed by atoms with Crippen LogP contribution in [0.4, 0.5) is 0 Å². The van der Waals surface area contributed by atoms with Crippen molar-refractivity contribution in [2.45, 2.75) is 33.3 Å². The van der Waals surface area contributed by atoms with Crippen LogP contribution in [0.25, 0.3) is 0 Å². The monoisotopic (exact) mass is 247 g/mol. The smallest absolute Gasteiger partial charge is 0.259 e. The first kappa shape index (κ1) is 12.8. The first-order valence-corrected chi connectivity index (χ1v) is 6.11. The van der Waals surface area contributed by atoms with Crippen LogP contribution < -0.4 is 0 Å². The summed E-state index contributed by atoms with van der Waals surface area (Å²) in [6, 6.07) is 9.48. The van der Waals surface area contributed by atoms with Crippen molar-refractivity contribution >= 4 is 11.8 Å². The molecule has 96 valence electrons. The van der Waals surface area contributed by atoms with E-state index in [0.717, 1.165) is 10.6 Å². The Morgan fingerprint density at radius 2 is 1.94 bits per heavy atom. The quantitative estimate of drug-likeness (QED) is 0.767. The lowest BCUT2D eigenvalue weighted by molar-refractivity contribution is -0.193. The van der Waals surface area contributed by atoms with E-state index < -0.39 is 5.41 Å². The first-order chi connectivity index (χ1) is 8.57. The number of nitrogens with zero attached hydrogens (tertiary/aromatic N) is 1. The van der Waals surface area contributed by atoms with E-state index in [9.17, 15) is 9.59 Å². The summed E-state index contributed by atoms with van der Waals surface area (Å²) in [5.41, 5.74) is 0.330. The third-order valence-electron chi connectivity index (χ3n) is 3.45. The van der Waals surface area contributed by atoms with E-state index in [2.05, 4.69) is 0 Å².